The van der Waals surface area contributed by atoms with Crippen LogP contribution in [0.5, 0.6) is 5.88 Å². The van der Waals surface area contributed by atoms with Crippen molar-refractivity contribution >= 4 is 5.91 Å². The maximum atomic E-state index is 12.0. The van der Waals surface area contributed by atoms with Gasteiger partial charge in [0.15, 0.2) is 5.69 Å². The summed E-state index contributed by atoms with van der Waals surface area (Å²) in [5, 5.41) is 10.3. The van der Waals surface area contributed by atoms with Crippen LogP contribution in [-0.4, -0.2) is 23.2 Å². The molecule has 1 heterocycles. The lowest BCUT2D eigenvalue weighted by molar-refractivity contribution is 0.0961. The van der Waals surface area contributed by atoms with E-state index in [4.69, 9.17) is 11.2 Å². The first kappa shape index (κ1) is 16.4. The van der Waals surface area contributed by atoms with Gasteiger partial charge in [-0.25, -0.2) is 0 Å². The smallest absolute Gasteiger partial charge is 0.276 e. The number of nitrogens with one attached hydrogen (secondary N) is 1. The molecule has 1 aromatic rings. The number of carbonyl (C=O) groups is 1. The number of ether oxygens (including phenoxy) is 1. The van der Waals surface area contributed by atoms with Gasteiger partial charge >= 0.3 is 0 Å². The fraction of sp³-hybridized carbons (Fsp3) is 0.312. The molecule has 1 aliphatic carbocycles. The molecule has 0 atom stereocenters. The summed E-state index contributed by atoms with van der Waals surface area (Å²) < 4.78 is 4.95. The van der Waals surface area contributed by atoms with Crippen molar-refractivity contribution in [2.45, 2.75) is 27.2 Å². The quantitative estimate of drug-likeness (QED) is 0.866. The largest absolute Gasteiger partial charge is 0.479 e. The van der Waals surface area contributed by atoms with Gasteiger partial charge in [-0.3, -0.25) is 4.79 Å². The average Bonchev–Trinajstić information content (AvgIpc) is 2.93. The molecule has 5 nitrogen and oxygen atoms in total. The van der Waals surface area contributed by atoms with Crippen molar-refractivity contribution in [2.24, 2.45) is 0 Å². The van der Waals surface area contributed by atoms with Crippen molar-refractivity contribution in [3.8, 4) is 18.2 Å². The molecule has 21 heavy (non-hydrogen) atoms. The van der Waals surface area contributed by atoms with Crippen molar-refractivity contribution in [1.29, 1.82) is 0 Å². The first-order valence-electron chi connectivity index (χ1n) is 6.71. The number of aromatic nitrogens is 2. The summed E-state index contributed by atoms with van der Waals surface area (Å²) in [6.07, 6.45) is 10.0. The Morgan fingerprint density at radius 2 is 2.14 bits per heavy atom. The third kappa shape index (κ3) is 4.18. The highest BCUT2D eigenvalue weighted by atomic mass is 16.5. The van der Waals surface area contributed by atoms with E-state index in [0.717, 1.165) is 12.1 Å². The molecule has 0 unspecified atom stereocenters. The number of carbonyl (C=O) groups excluding carboxylic acids is 1. The van der Waals surface area contributed by atoms with E-state index < -0.39 is 0 Å². The maximum Gasteiger partial charge on any atom is 0.276 e. The van der Waals surface area contributed by atoms with Crippen LogP contribution in [-0.2, 0) is 0 Å². The van der Waals surface area contributed by atoms with Crippen LogP contribution < -0.4 is 10.1 Å². The van der Waals surface area contributed by atoms with Gasteiger partial charge in [0, 0.05) is 5.70 Å². The molecule has 0 aliphatic heterocycles. The standard InChI is InChI=1S/C14H13N3O2.C2H6/c1-4-10-8-12(16-17-14(10)19-3)13(18)15-11-6-5-9(2)7-11;1-2/h1,6-8H,5H2,2-3H3,(H,15,18);1-2H3. The molecule has 0 saturated heterocycles. The molecule has 1 N–H and O–H groups in total. The summed E-state index contributed by atoms with van der Waals surface area (Å²) in [6, 6.07) is 1.48. The summed E-state index contributed by atoms with van der Waals surface area (Å²) in [5.74, 6) is 2.30. The maximum absolute atomic E-state index is 12.0. The van der Waals surface area contributed by atoms with Gasteiger partial charge in [-0.05, 0) is 25.5 Å². The summed E-state index contributed by atoms with van der Waals surface area (Å²) in [4.78, 5) is 12.0. The van der Waals surface area contributed by atoms with E-state index in [0.29, 0.717) is 5.56 Å². The van der Waals surface area contributed by atoms with Gasteiger partial charge in [0.05, 0.1) is 12.7 Å². The minimum Gasteiger partial charge on any atom is -0.479 e. The first-order chi connectivity index (χ1) is 10.1. The Hall–Kier alpha value is -2.61. The van der Waals surface area contributed by atoms with Crippen LogP contribution in [0, 0.1) is 12.3 Å². The zero-order valence-electron chi connectivity index (χ0n) is 12.7. The Morgan fingerprint density at radius 3 is 2.67 bits per heavy atom. The molecule has 0 bridgehead atoms. The van der Waals surface area contributed by atoms with Crippen molar-refractivity contribution in [3.05, 3.63) is 40.7 Å². The minimum absolute atomic E-state index is 0.160. The second-order valence-corrected chi connectivity index (χ2v) is 4.11. The zero-order valence-corrected chi connectivity index (χ0v) is 12.7. The van der Waals surface area contributed by atoms with E-state index in [1.54, 1.807) is 0 Å². The van der Waals surface area contributed by atoms with E-state index in [-0.39, 0.29) is 17.5 Å². The summed E-state index contributed by atoms with van der Waals surface area (Å²) in [5.41, 5.74) is 2.52. The highest BCUT2D eigenvalue weighted by molar-refractivity contribution is 5.94. The van der Waals surface area contributed by atoms with E-state index in [1.807, 2.05) is 32.9 Å². The number of amides is 1. The molecule has 0 radical (unpaired) electrons. The number of rotatable bonds is 3. The number of nitrogens with zero attached hydrogens (tertiary/aromatic N) is 2. The van der Waals surface area contributed by atoms with Crippen LogP contribution in [0.15, 0.2) is 29.5 Å². The molecule has 1 aliphatic rings. The second-order valence-electron chi connectivity index (χ2n) is 4.11. The monoisotopic (exact) mass is 285 g/mol. The van der Waals surface area contributed by atoms with Crippen LogP contribution in [0.1, 0.15) is 43.2 Å². The van der Waals surface area contributed by atoms with Crippen LogP contribution in [0.3, 0.4) is 0 Å². The van der Waals surface area contributed by atoms with Gasteiger partial charge in [-0.2, -0.15) is 0 Å². The number of hydrogen-bond acceptors (Lipinski definition) is 4. The predicted octanol–water partition coefficient (Wildman–Crippen LogP) is 2.46. The van der Waals surface area contributed by atoms with Gasteiger partial charge in [-0.1, -0.05) is 31.4 Å². The molecular weight excluding hydrogens is 266 g/mol. The lowest BCUT2D eigenvalue weighted by Gasteiger charge is -2.05. The normalized spacial score (nSPS) is 12.3. The van der Waals surface area contributed by atoms with Gasteiger partial charge < -0.3 is 10.1 Å². The molecule has 0 spiro atoms. The van der Waals surface area contributed by atoms with Crippen molar-refractivity contribution < 1.29 is 9.53 Å². The first-order valence-corrected chi connectivity index (χ1v) is 6.71. The Morgan fingerprint density at radius 1 is 1.43 bits per heavy atom. The lowest BCUT2D eigenvalue weighted by atomic mass is 10.2. The van der Waals surface area contributed by atoms with E-state index in [1.165, 1.54) is 18.7 Å². The average molecular weight is 285 g/mol. The third-order valence-corrected chi connectivity index (χ3v) is 2.65. The third-order valence-electron chi connectivity index (χ3n) is 2.65. The van der Waals surface area contributed by atoms with Gasteiger partial charge in [-0.15, -0.1) is 16.6 Å². The number of hydrogen-bond donors (Lipinski definition) is 1. The van der Waals surface area contributed by atoms with E-state index in [2.05, 4.69) is 21.4 Å². The summed E-state index contributed by atoms with van der Waals surface area (Å²) >= 11 is 0. The Balaban J connectivity index is 0.00000106. The molecule has 1 aromatic heterocycles. The van der Waals surface area contributed by atoms with Crippen molar-refractivity contribution in [1.82, 2.24) is 15.5 Å². The topological polar surface area (TPSA) is 64.1 Å². The van der Waals surface area contributed by atoms with Gasteiger partial charge in [0.25, 0.3) is 5.91 Å². The SMILES string of the molecule is C#Cc1cc(C(=O)NC2=CCC(C)=C2)nnc1OC.CC. The fourth-order valence-corrected chi connectivity index (χ4v) is 1.68. The number of terminal acetylenes is 1. The zero-order chi connectivity index (χ0) is 15.8. The highest BCUT2D eigenvalue weighted by Gasteiger charge is 2.14. The van der Waals surface area contributed by atoms with Gasteiger partial charge in [0.2, 0.25) is 5.88 Å². The molecule has 5 heteroatoms. The van der Waals surface area contributed by atoms with E-state index in [9.17, 15) is 4.79 Å². The fourth-order valence-electron chi connectivity index (χ4n) is 1.68. The minimum atomic E-state index is -0.344. The second kappa shape index (κ2) is 7.85. The van der Waals surface area contributed by atoms with Crippen LogP contribution >= 0.6 is 0 Å². The molecule has 1 amide bonds. The Kier molecular flexibility index (Phi) is 6.15. The molecular formula is C16H19N3O2. The Bertz CT molecular complexity index is 625. The predicted molar refractivity (Wildman–Crippen MR) is 81.8 cm³/mol. The molecule has 110 valence electrons. The van der Waals surface area contributed by atoms with Crippen molar-refractivity contribution in [3.63, 3.8) is 0 Å². The lowest BCUT2D eigenvalue weighted by Crippen LogP contribution is -2.23. The van der Waals surface area contributed by atoms with Crippen molar-refractivity contribution in [2.75, 3.05) is 7.11 Å². The van der Waals surface area contributed by atoms with Crippen LogP contribution in [0.25, 0.3) is 0 Å². The van der Waals surface area contributed by atoms with E-state index >= 15 is 0 Å². The molecule has 0 fully saturated rings. The summed E-state index contributed by atoms with van der Waals surface area (Å²) in [7, 11) is 1.45. The summed E-state index contributed by atoms with van der Waals surface area (Å²) in [6.45, 7) is 6.00. The van der Waals surface area contributed by atoms with Crippen LogP contribution in [0.4, 0.5) is 0 Å². The van der Waals surface area contributed by atoms with Gasteiger partial charge in [0.1, 0.15) is 0 Å². The molecule has 0 aromatic carbocycles. The highest BCUT2D eigenvalue weighted by Crippen LogP contribution is 2.16. The Labute approximate surface area is 125 Å². The molecule has 2 rings (SSSR count). The number of methoxy groups -OCH3 is 1. The molecule has 0 saturated carbocycles. The van der Waals surface area contributed by atoms with Crippen LogP contribution in [0.2, 0.25) is 0 Å². The number of allylic oxidation sites excluding steroid dienone is 3.